The molecule has 1 unspecified atom stereocenters. The Morgan fingerprint density at radius 3 is 2.55 bits per heavy atom. The average Bonchev–Trinajstić information content (AvgIpc) is 3.37. The van der Waals surface area contributed by atoms with E-state index in [0.717, 1.165) is 12.8 Å². The summed E-state index contributed by atoms with van der Waals surface area (Å²) in [4.78, 5) is 17.0. The molecule has 1 saturated carbocycles. The topological polar surface area (TPSA) is 94.8 Å². The summed E-state index contributed by atoms with van der Waals surface area (Å²) in [7, 11) is 1.66. The van der Waals surface area contributed by atoms with Crippen LogP contribution in [0.4, 0.5) is 13.2 Å². The van der Waals surface area contributed by atoms with E-state index in [4.69, 9.17) is 4.74 Å². The van der Waals surface area contributed by atoms with Crippen LogP contribution >= 0.6 is 0 Å². The van der Waals surface area contributed by atoms with Gasteiger partial charge in [-0.1, -0.05) is 20.8 Å². The van der Waals surface area contributed by atoms with Crippen molar-refractivity contribution in [3.05, 3.63) is 29.3 Å². The van der Waals surface area contributed by atoms with Crippen molar-refractivity contribution in [3.63, 3.8) is 0 Å². The molecule has 11 heteroatoms. The van der Waals surface area contributed by atoms with Gasteiger partial charge < -0.3 is 10.1 Å². The molecule has 2 aromatic heterocycles. The van der Waals surface area contributed by atoms with Crippen molar-refractivity contribution in [1.82, 2.24) is 30.5 Å². The van der Waals surface area contributed by atoms with Gasteiger partial charge in [-0.25, -0.2) is 4.68 Å². The van der Waals surface area contributed by atoms with Crippen molar-refractivity contribution in [1.29, 1.82) is 0 Å². The number of hydrogen-bond acceptors (Lipinski definition) is 6. The summed E-state index contributed by atoms with van der Waals surface area (Å²) in [5, 5.41) is 14.2. The summed E-state index contributed by atoms with van der Waals surface area (Å²) >= 11 is 0. The molecule has 0 aromatic carbocycles. The number of pyridine rings is 1. The number of alkyl halides is 3. The fraction of sp³-hybridized carbons (Fsp3) is 0.611. The van der Waals surface area contributed by atoms with E-state index in [1.807, 2.05) is 20.8 Å². The van der Waals surface area contributed by atoms with E-state index in [-0.39, 0.29) is 17.4 Å². The van der Waals surface area contributed by atoms with Crippen molar-refractivity contribution in [2.45, 2.75) is 51.7 Å². The molecular weight excluding hydrogens is 389 g/mol. The SMILES string of the molecule is Cn1nnnc1C(NC(=O)c1cc(OCC(F)(F)F)c(C2CC2)cn1)C(C)(C)C. The van der Waals surface area contributed by atoms with Crippen LogP contribution in [0.2, 0.25) is 0 Å². The number of aromatic nitrogens is 5. The van der Waals surface area contributed by atoms with Gasteiger partial charge >= 0.3 is 6.18 Å². The number of rotatable bonds is 6. The fourth-order valence-corrected chi connectivity index (χ4v) is 2.91. The molecule has 1 N–H and O–H groups in total. The molecule has 0 spiro atoms. The van der Waals surface area contributed by atoms with E-state index in [1.54, 1.807) is 7.05 Å². The summed E-state index contributed by atoms with van der Waals surface area (Å²) in [5.41, 5.74) is 0.133. The van der Waals surface area contributed by atoms with Crippen LogP contribution in [-0.4, -0.2) is 43.9 Å². The van der Waals surface area contributed by atoms with E-state index < -0.39 is 30.1 Å². The molecule has 0 bridgehead atoms. The van der Waals surface area contributed by atoms with Crippen molar-refractivity contribution >= 4 is 5.91 Å². The second-order valence-corrected chi connectivity index (χ2v) is 8.22. The molecule has 1 atom stereocenters. The molecule has 1 fully saturated rings. The number of carbonyl (C=O) groups excluding carboxylic acids is 1. The lowest BCUT2D eigenvalue weighted by Crippen LogP contribution is -2.38. The molecular formula is C18H23F3N6O2. The maximum atomic E-state index is 12.8. The minimum atomic E-state index is -4.47. The third-order valence-corrected chi connectivity index (χ3v) is 4.59. The van der Waals surface area contributed by atoms with Crippen molar-refractivity contribution in [2.24, 2.45) is 12.5 Å². The molecule has 1 aliphatic carbocycles. The highest BCUT2D eigenvalue weighted by Crippen LogP contribution is 2.44. The molecule has 0 saturated heterocycles. The van der Waals surface area contributed by atoms with Gasteiger partial charge in [-0.3, -0.25) is 9.78 Å². The van der Waals surface area contributed by atoms with Crippen LogP contribution in [0.15, 0.2) is 12.3 Å². The maximum absolute atomic E-state index is 12.8. The van der Waals surface area contributed by atoms with Crippen LogP contribution in [0.3, 0.4) is 0 Å². The van der Waals surface area contributed by atoms with E-state index >= 15 is 0 Å². The first kappa shape index (κ1) is 21.0. The summed E-state index contributed by atoms with van der Waals surface area (Å²) in [6.45, 7) is 4.31. The van der Waals surface area contributed by atoms with Gasteiger partial charge in [0.25, 0.3) is 5.91 Å². The van der Waals surface area contributed by atoms with E-state index in [9.17, 15) is 18.0 Å². The molecule has 8 nitrogen and oxygen atoms in total. The lowest BCUT2D eigenvalue weighted by atomic mass is 9.86. The lowest BCUT2D eigenvalue weighted by Gasteiger charge is -2.30. The van der Waals surface area contributed by atoms with Crippen LogP contribution in [0.5, 0.6) is 5.75 Å². The van der Waals surface area contributed by atoms with Crippen molar-refractivity contribution in [3.8, 4) is 5.75 Å². The third kappa shape index (κ3) is 5.21. The van der Waals surface area contributed by atoms with Gasteiger partial charge in [0.05, 0.1) is 6.04 Å². The van der Waals surface area contributed by atoms with E-state index in [2.05, 4.69) is 25.8 Å². The molecule has 0 aliphatic heterocycles. The molecule has 1 aliphatic rings. The second-order valence-electron chi connectivity index (χ2n) is 8.22. The van der Waals surface area contributed by atoms with Gasteiger partial charge in [-0.15, -0.1) is 5.10 Å². The summed E-state index contributed by atoms with van der Waals surface area (Å²) < 4.78 is 44.2. The number of tetrazole rings is 1. The third-order valence-electron chi connectivity index (χ3n) is 4.59. The van der Waals surface area contributed by atoms with Gasteiger partial charge in [-0.2, -0.15) is 13.2 Å². The minimum absolute atomic E-state index is 0.0315. The quantitative estimate of drug-likeness (QED) is 0.784. The van der Waals surface area contributed by atoms with Gasteiger partial charge in [0.1, 0.15) is 11.4 Å². The zero-order chi connectivity index (χ0) is 21.4. The number of halogens is 3. The van der Waals surface area contributed by atoms with Crippen LogP contribution < -0.4 is 10.1 Å². The summed E-state index contributed by atoms with van der Waals surface area (Å²) in [5.74, 6) is 0.0635. The smallest absolute Gasteiger partial charge is 0.422 e. The predicted octanol–water partition coefficient (Wildman–Crippen LogP) is 2.94. The van der Waals surface area contributed by atoms with Gasteiger partial charge in [0, 0.05) is 24.9 Å². The minimum Gasteiger partial charge on any atom is -0.484 e. The first-order valence-corrected chi connectivity index (χ1v) is 9.18. The summed E-state index contributed by atoms with van der Waals surface area (Å²) in [6.07, 6.45) is -1.32. The molecule has 3 rings (SSSR count). The zero-order valence-corrected chi connectivity index (χ0v) is 16.6. The van der Waals surface area contributed by atoms with Gasteiger partial charge in [-0.05, 0) is 34.6 Å². The lowest BCUT2D eigenvalue weighted by molar-refractivity contribution is -0.153. The largest absolute Gasteiger partial charge is 0.484 e. The highest BCUT2D eigenvalue weighted by Gasteiger charge is 2.34. The Kier molecular flexibility index (Phi) is 5.50. The monoisotopic (exact) mass is 412 g/mol. The highest BCUT2D eigenvalue weighted by molar-refractivity contribution is 5.93. The number of ether oxygens (including phenoxy) is 1. The number of nitrogens with zero attached hydrogens (tertiary/aromatic N) is 5. The Bertz CT molecular complexity index is 886. The van der Waals surface area contributed by atoms with Crippen LogP contribution in [-0.2, 0) is 7.05 Å². The average molecular weight is 412 g/mol. The van der Waals surface area contributed by atoms with E-state index in [1.165, 1.54) is 16.9 Å². The van der Waals surface area contributed by atoms with Crippen molar-refractivity contribution < 1.29 is 22.7 Å². The fourth-order valence-electron chi connectivity index (χ4n) is 2.91. The van der Waals surface area contributed by atoms with Crippen LogP contribution in [0.1, 0.15) is 67.4 Å². The normalized spacial score (nSPS) is 15.8. The first-order valence-electron chi connectivity index (χ1n) is 9.18. The predicted molar refractivity (Wildman–Crippen MR) is 96.2 cm³/mol. The molecule has 0 radical (unpaired) electrons. The van der Waals surface area contributed by atoms with E-state index in [0.29, 0.717) is 11.4 Å². The molecule has 2 aromatic rings. The second kappa shape index (κ2) is 7.60. The zero-order valence-electron chi connectivity index (χ0n) is 16.6. The summed E-state index contributed by atoms with van der Waals surface area (Å²) in [6, 6.07) is 0.725. The number of nitrogens with one attached hydrogen (secondary N) is 1. The standard InChI is InChI=1S/C18H23F3N6O2/c1-17(2,3)14(15-24-25-26-27(15)4)23-16(28)12-7-13(29-9-18(19,20)21)11(8-22-12)10-5-6-10/h7-8,10,14H,5-6,9H2,1-4H3,(H,23,28). The Hall–Kier alpha value is -2.72. The molecule has 2 heterocycles. The van der Waals surface area contributed by atoms with Crippen molar-refractivity contribution in [2.75, 3.05) is 6.61 Å². The first-order chi connectivity index (χ1) is 13.5. The molecule has 158 valence electrons. The Labute approximate surface area is 165 Å². The van der Waals surface area contributed by atoms with Crippen LogP contribution in [0.25, 0.3) is 0 Å². The number of carbonyl (C=O) groups is 1. The highest BCUT2D eigenvalue weighted by atomic mass is 19.4. The van der Waals surface area contributed by atoms with Gasteiger partial charge in [0.15, 0.2) is 12.4 Å². The molecule has 1 amide bonds. The Morgan fingerprint density at radius 1 is 1.34 bits per heavy atom. The Balaban J connectivity index is 1.85. The number of aryl methyl sites for hydroxylation is 1. The van der Waals surface area contributed by atoms with Crippen LogP contribution in [0, 0.1) is 5.41 Å². The Morgan fingerprint density at radius 2 is 2.03 bits per heavy atom. The molecule has 29 heavy (non-hydrogen) atoms. The van der Waals surface area contributed by atoms with Gasteiger partial charge in [0.2, 0.25) is 0 Å². The number of hydrogen-bond donors (Lipinski definition) is 1. The maximum Gasteiger partial charge on any atom is 0.422 e. The number of amides is 1.